The fraction of sp³-hybridized carbons (Fsp3) is 0.222. The Labute approximate surface area is 205 Å². The van der Waals surface area contributed by atoms with Gasteiger partial charge in [-0.15, -0.1) is 0 Å². The van der Waals surface area contributed by atoms with Gasteiger partial charge in [0.15, 0.2) is 4.80 Å². The number of thiazole rings is 1. The Kier molecular flexibility index (Phi) is 5.90. The van der Waals surface area contributed by atoms with E-state index in [0.29, 0.717) is 26.4 Å². The summed E-state index contributed by atoms with van der Waals surface area (Å²) in [5, 5.41) is 1.03. The zero-order chi connectivity index (χ0) is 24.7. The van der Waals surface area contributed by atoms with Crippen molar-refractivity contribution in [3.8, 4) is 5.75 Å². The van der Waals surface area contributed by atoms with Crippen molar-refractivity contribution in [3.63, 3.8) is 0 Å². The highest BCUT2D eigenvalue weighted by Gasteiger charge is 2.34. The van der Waals surface area contributed by atoms with Crippen molar-refractivity contribution in [2.75, 3.05) is 7.11 Å². The number of allylic oxidation sites excluding steroid dienone is 1. The van der Waals surface area contributed by atoms with E-state index in [4.69, 9.17) is 9.47 Å². The molecule has 0 radical (unpaired) electrons. The average Bonchev–Trinajstić information content (AvgIpc) is 3.38. The second-order valence-corrected chi connectivity index (χ2v) is 9.61. The Morgan fingerprint density at radius 2 is 2.00 bits per heavy atom. The molecule has 35 heavy (non-hydrogen) atoms. The van der Waals surface area contributed by atoms with Crippen LogP contribution in [0, 0.1) is 0 Å². The molecule has 8 heteroatoms. The van der Waals surface area contributed by atoms with Crippen molar-refractivity contribution in [1.82, 2.24) is 9.55 Å². The number of hydrogen-bond acceptors (Lipinski definition) is 6. The molecule has 3 heterocycles. The van der Waals surface area contributed by atoms with Crippen molar-refractivity contribution >= 4 is 34.3 Å². The lowest BCUT2D eigenvalue weighted by Crippen LogP contribution is -2.40. The normalized spacial score (nSPS) is 15.9. The van der Waals surface area contributed by atoms with Crippen molar-refractivity contribution in [2.45, 2.75) is 32.9 Å². The maximum absolute atomic E-state index is 13.8. The number of esters is 1. The molecule has 2 aromatic heterocycles. The zero-order valence-electron chi connectivity index (χ0n) is 19.9. The first-order valence-corrected chi connectivity index (χ1v) is 12.1. The summed E-state index contributed by atoms with van der Waals surface area (Å²) in [6.45, 7) is 5.37. The van der Waals surface area contributed by atoms with Gasteiger partial charge in [-0.3, -0.25) is 9.36 Å². The van der Waals surface area contributed by atoms with Gasteiger partial charge in [0.25, 0.3) is 5.56 Å². The minimum atomic E-state index is -0.683. The number of nitrogens with zero attached hydrogens (tertiary/aromatic N) is 2. The molecule has 0 unspecified atom stereocenters. The molecule has 1 N–H and O–H groups in total. The van der Waals surface area contributed by atoms with Gasteiger partial charge in [-0.05, 0) is 50.6 Å². The third-order valence-electron chi connectivity index (χ3n) is 5.90. The number of benzene rings is 2. The first kappa shape index (κ1) is 22.9. The third-order valence-corrected chi connectivity index (χ3v) is 6.88. The van der Waals surface area contributed by atoms with E-state index in [1.54, 1.807) is 32.4 Å². The summed E-state index contributed by atoms with van der Waals surface area (Å²) >= 11 is 1.31. The molecule has 0 saturated heterocycles. The number of hydrogen-bond donors (Lipinski definition) is 1. The highest BCUT2D eigenvalue weighted by atomic mass is 32.1. The molecule has 0 aliphatic carbocycles. The van der Waals surface area contributed by atoms with Gasteiger partial charge in [0.2, 0.25) is 0 Å². The van der Waals surface area contributed by atoms with Crippen molar-refractivity contribution in [1.29, 1.82) is 0 Å². The largest absolute Gasteiger partial charge is 0.497 e. The first-order valence-electron chi connectivity index (χ1n) is 11.3. The van der Waals surface area contributed by atoms with E-state index in [2.05, 4.69) is 9.98 Å². The zero-order valence-corrected chi connectivity index (χ0v) is 20.7. The second kappa shape index (κ2) is 9.03. The van der Waals surface area contributed by atoms with Gasteiger partial charge in [0.05, 0.1) is 35.1 Å². The minimum Gasteiger partial charge on any atom is -0.497 e. The van der Waals surface area contributed by atoms with Crippen LogP contribution in [0.25, 0.3) is 17.0 Å². The Hall–Kier alpha value is -3.91. The summed E-state index contributed by atoms with van der Waals surface area (Å²) in [6, 6.07) is 14.6. The maximum atomic E-state index is 13.8. The molecule has 178 valence electrons. The molecule has 5 rings (SSSR count). The number of H-pyrrole nitrogens is 1. The number of methoxy groups -OCH3 is 1. The number of ether oxygens (including phenoxy) is 2. The quantitative estimate of drug-likeness (QED) is 0.435. The van der Waals surface area contributed by atoms with Gasteiger partial charge in [-0.2, -0.15) is 0 Å². The van der Waals surface area contributed by atoms with Crippen molar-refractivity contribution in [2.24, 2.45) is 4.99 Å². The predicted molar refractivity (Wildman–Crippen MR) is 136 cm³/mol. The van der Waals surface area contributed by atoms with E-state index >= 15 is 0 Å². The summed E-state index contributed by atoms with van der Waals surface area (Å²) in [5.74, 6) is 0.148. The minimum absolute atomic E-state index is 0.214. The Bertz CT molecular complexity index is 1660. The number of carbonyl (C=O) groups is 1. The highest BCUT2D eigenvalue weighted by molar-refractivity contribution is 7.07. The molecule has 0 spiro atoms. The molecular weight excluding hydrogens is 462 g/mol. The summed E-state index contributed by atoms with van der Waals surface area (Å²) in [7, 11) is 1.58. The molecule has 7 nitrogen and oxygen atoms in total. The lowest BCUT2D eigenvalue weighted by Gasteiger charge is -2.25. The Morgan fingerprint density at radius 1 is 1.20 bits per heavy atom. The molecule has 0 bridgehead atoms. The first-order chi connectivity index (χ1) is 16.9. The van der Waals surface area contributed by atoms with Gasteiger partial charge in [-0.25, -0.2) is 9.79 Å². The SMILES string of the molecule is COc1cccc([C@@H]2C(C(=O)OC(C)C)=C(C)N=c3s/c(=C/c4c[nH]c5ccccc45)c(=O)n32)c1. The van der Waals surface area contributed by atoms with Crippen LogP contribution >= 0.6 is 11.3 Å². The lowest BCUT2D eigenvalue weighted by molar-refractivity contribution is -0.143. The number of rotatable bonds is 5. The predicted octanol–water partition coefficient (Wildman–Crippen LogP) is 3.68. The molecule has 0 saturated carbocycles. The van der Waals surface area contributed by atoms with Crippen LogP contribution in [0.3, 0.4) is 0 Å². The number of nitrogens with one attached hydrogen (secondary N) is 1. The number of aromatic amines is 1. The molecular formula is C27H25N3O4S. The summed E-state index contributed by atoms with van der Waals surface area (Å²) < 4.78 is 13.1. The highest BCUT2D eigenvalue weighted by Crippen LogP contribution is 2.32. The van der Waals surface area contributed by atoms with Crippen molar-refractivity contribution < 1.29 is 14.3 Å². The van der Waals surface area contributed by atoms with E-state index < -0.39 is 12.0 Å². The molecule has 1 aliphatic rings. The second-order valence-electron chi connectivity index (χ2n) is 8.60. The maximum Gasteiger partial charge on any atom is 0.338 e. The average molecular weight is 488 g/mol. The number of aromatic nitrogens is 2. The number of para-hydroxylation sites is 1. The van der Waals surface area contributed by atoms with Crippen LogP contribution < -0.4 is 19.6 Å². The van der Waals surface area contributed by atoms with Crippen LogP contribution in [0.15, 0.2) is 75.8 Å². The summed E-state index contributed by atoms with van der Waals surface area (Å²) in [6.07, 6.45) is 3.45. The summed E-state index contributed by atoms with van der Waals surface area (Å²) in [4.78, 5) is 35.4. The monoisotopic (exact) mass is 487 g/mol. The molecule has 1 atom stereocenters. The van der Waals surface area contributed by atoms with Crippen LogP contribution in [-0.2, 0) is 9.53 Å². The van der Waals surface area contributed by atoms with Crippen molar-refractivity contribution in [3.05, 3.63) is 96.8 Å². The molecule has 1 aliphatic heterocycles. The van der Waals surface area contributed by atoms with Gasteiger partial charge < -0.3 is 14.5 Å². The smallest absolute Gasteiger partial charge is 0.338 e. The molecule has 2 aromatic carbocycles. The number of carbonyl (C=O) groups excluding carboxylic acids is 1. The Morgan fingerprint density at radius 3 is 2.77 bits per heavy atom. The summed E-state index contributed by atoms with van der Waals surface area (Å²) in [5.41, 5.74) is 3.32. The van der Waals surface area contributed by atoms with Gasteiger partial charge in [0.1, 0.15) is 5.75 Å². The molecule has 0 amide bonds. The van der Waals surface area contributed by atoms with E-state index in [0.717, 1.165) is 22.0 Å². The molecule has 0 fully saturated rings. The fourth-order valence-electron chi connectivity index (χ4n) is 4.34. The van der Waals surface area contributed by atoms with E-state index in [-0.39, 0.29) is 11.7 Å². The lowest BCUT2D eigenvalue weighted by atomic mass is 9.95. The van der Waals surface area contributed by atoms with Crippen LogP contribution in [0.5, 0.6) is 5.75 Å². The van der Waals surface area contributed by atoms with E-state index in [1.165, 1.54) is 11.3 Å². The fourth-order valence-corrected chi connectivity index (χ4v) is 5.38. The van der Waals surface area contributed by atoms with Gasteiger partial charge in [-0.1, -0.05) is 41.7 Å². The van der Waals surface area contributed by atoms with Crippen LogP contribution in [-0.4, -0.2) is 28.7 Å². The number of fused-ring (bicyclic) bond motifs is 2. The van der Waals surface area contributed by atoms with E-state index in [1.807, 2.05) is 60.8 Å². The standard InChI is InChI=1S/C27H25N3O4S/c1-15(2)34-26(32)23-16(3)29-27-30(24(23)17-8-7-9-19(12-17)33-4)25(31)22(35-27)13-18-14-28-21-11-6-5-10-20(18)21/h5-15,24,28H,1-4H3/b22-13+/t24-/m1/s1. The van der Waals surface area contributed by atoms with Gasteiger partial charge >= 0.3 is 5.97 Å². The van der Waals surface area contributed by atoms with Crippen LogP contribution in [0.4, 0.5) is 0 Å². The van der Waals surface area contributed by atoms with E-state index in [9.17, 15) is 9.59 Å². The third kappa shape index (κ3) is 4.10. The van der Waals surface area contributed by atoms with Crippen LogP contribution in [0.2, 0.25) is 0 Å². The Balaban J connectivity index is 1.74. The van der Waals surface area contributed by atoms with Crippen LogP contribution in [0.1, 0.15) is 37.9 Å². The topological polar surface area (TPSA) is 85.7 Å². The molecule has 4 aromatic rings. The van der Waals surface area contributed by atoms with Gasteiger partial charge in [0, 0.05) is 22.7 Å².